The van der Waals surface area contributed by atoms with Gasteiger partial charge in [-0.15, -0.1) is 0 Å². The lowest BCUT2D eigenvalue weighted by molar-refractivity contribution is 0.206. The molecule has 0 unspecified atom stereocenters. The number of carbonyl (C=O) groups excluding carboxylic acids is 1. The largest absolute Gasteiger partial charge is 0.489 e. The first-order valence-electron chi connectivity index (χ1n) is 7.21. The number of nitrogens with one attached hydrogen (secondary N) is 2. The molecule has 0 aliphatic heterocycles. The Bertz CT molecular complexity index is 625. The molecule has 0 saturated heterocycles. The Labute approximate surface area is 129 Å². The number of amides is 2. The zero-order valence-electron chi connectivity index (χ0n) is 13.1. The molecule has 6 nitrogen and oxygen atoms in total. The van der Waals surface area contributed by atoms with Gasteiger partial charge in [0.1, 0.15) is 23.3 Å². The molecule has 2 amide bonds. The van der Waals surface area contributed by atoms with Crippen LogP contribution in [0.2, 0.25) is 0 Å². The number of urea groups is 1. The van der Waals surface area contributed by atoms with Gasteiger partial charge in [0.05, 0.1) is 13.1 Å². The normalized spacial score (nSPS) is 11.8. The quantitative estimate of drug-likeness (QED) is 0.860. The van der Waals surface area contributed by atoms with Crippen molar-refractivity contribution in [3.63, 3.8) is 0 Å². The second-order valence-corrected chi connectivity index (χ2v) is 5.19. The smallest absolute Gasteiger partial charge is 0.315 e. The Kier molecular flexibility index (Phi) is 5.41. The fourth-order valence-electron chi connectivity index (χ4n) is 1.92. The first kappa shape index (κ1) is 15.9. The Balaban J connectivity index is 1.70. The Morgan fingerprint density at radius 3 is 2.77 bits per heavy atom. The van der Waals surface area contributed by atoms with Crippen molar-refractivity contribution in [1.29, 1.82) is 0 Å². The molecule has 1 aromatic carbocycles. The molecule has 0 spiro atoms. The number of aryl methyl sites for hydroxylation is 2. The van der Waals surface area contributed by atoms with Crippen LogP contribution in [0.3, 0.4) is 0 Å². The van der Waals surface area contributed by atoms with E-state index in [0.717, 1.165) is 17.1 Å². The molecule has 2 aromatic rings. The Morgan fingerprint density at radius 2 is 2.09 bits per heavy atom. The van der Waals surface area contributed by atoms with Crippen LogP contribution >= 0.6 is 0 Å². The van der Waals surface area contributed by atoms with Gasteiger partial charge in [0, 0.05) is 6.07 Å². The van der Waals surface area contributed by atoms with Gasteiger partial charge in [-0.2, -0.15) is 0 Å². The number of hydrogen-bond acceptors (Lipinski definition) is 4. The van der Waals surface area contributed by atoms with Gasteiger partial charge in [-0.05, 0) is 32.4 Å². The number of carbonyl (C=O) groups is 1. The number of nitrogens with zero attached hydrogens (tertiary/aromatic N) is 1. The summed E-state index contributed by atoms with van der Waals surface area (Å²) in [6, 6.07) is 9.31. The van der Waals surface area contributed by atoms with Crippen LogP contribution in [-0.4, -0.2) is 23.8 Å². The van der Waals surface area contributed by atoms with Crippen molar-refractivity contribution < 1.29 is 14.1 Å². The van der Waals surface area contributed by atoms with Gasteiger partial charge in [-0.1, -0.05) is 23.4 Å². The highest BCUT2D eigenvalue weighted by Gasteiger charge is 2.09. The topological polar surface area (TPSA) is 76.4 Å². The molecule has 0 aliphatic carbocycles. The lowest BCUT2D eigenvalue weighted by Crippen LogP contribution is -2.40. The summed E-state index contributed by atoms with van der Waals surface area (Å²) in [5.74, 6) is 1.55. The van der Waals surface area contributed by atoms with Crippen molar-refractivity contribution in [1.82, 2.24) is 15.8 Å². The van der Waals surface area contributed by atoms with Crippen molar-refractivity contribution in [3.8, 4) is 5.75 Å². The average molecular weight is 303 g/mol. The highest BCUT2D eigenvalue weighted by Crippen LogP contribution is 2.17. The molecule has 0 fully saturated rings. The van der Waals surface area contributed by atoms with Crippen LogP contribution in [0, 0.1) is 13.8 Å². The van der Waals surface area contributed by atoms with E-state index in [9.17, 15) is 4.79 Å². The second-order valence-electron chi connectivity index (χ2n) is 5.19. The number of ether oxygens (including phenoxy) is 1. The molecular weight excluding hydrogens is 282 g/mol. The standard InChI is InChI=1S/C16H21N3O3/c1-11-6-4-5-7-15(11)21-13(3)9-17-16(20)18-10-14-8-12(2)22-19-14/h4-8,13H,9-10H2,1-3H3,(H2,17,18,20)/t13-/m0/s1. The SMILES string of the molecule is Cc1cc(CNC(=O)NC[C@H](C)Oc2ccccc2C)no1. The van der Waals surface area contributed by atoms with Crippen LogP contribution in [0.25, 0.3) is 0 Å². The molecule has 0 radical (unpaired) electrons. The fraction of sp³-hybridized carbons (Fsp3) is 0.375. The molecule has 2 N–H and O–H groups in total. The van der Waals surface area contributed by atoms with Crippen molar-refractivity contribution in [2.75, 3.05) is 6.54 Å². The summed E-state index contributed by atoms with van der Waals surface area (Å²) in [7, 11) is 0. The van der Waals surface area contributed by atoms with Gasteiger partial charge < -0.3 is 19.9 Å². The zero-order chi connectivity index (χ0) is 15.9. The van der Waals surface area contributed by atoms with E-state index in [-0.39, 0.29) is 12.1 Å². The maximum atomic E-state index is 11.7. The number of hydrogen-bond donors (Lipinski definition) is 2. The minimum atomic E-state index is -0.263. The molecule has 6 heteroatoms. The monoisotopic (exact) mass is 303 g/mol. The van der Waals surface area contributed by atoms with Gasteiger partial charge in [0.2, 0.25) is 0 Å². The van der Waals surface area contributed by atoms with Crippen LogP contribution < -0.4 is 15.4 Å². The van der Waals surface area contributed by atoms with Crippen LogP contribution in [0.1, 0.15) is 23.9 Å². The maximum absolute atomic E-state index is 11.7. The average Bonchev–Trinajstić information content (AvgIpc) is 2.91. The van der Waals surface area contributed by atoms with Crippen molar-refractivity contribution in [3.05, 3.63) is 47.3 Å². The van der Waals surface area contributed by atoms with Crippen molar-refractivity contribution >= 4 is 6.03 Å². The third-order valence-corrected chi connectivity index (χ3v) is 3.08. The van der Waals surface area contributed by atoms with E-state index in [1.165, 1.54) is 0 Å². The number of rotatable bonds is 6. The highest BCUT2D eigenvalue weighted by molar-refractivity contribution is 5.73. The lowest BCUT2D eigenvalue weighted by atomic mass is 10.2. The summed E-state index contributed by atoms with van der Waals surface area (Å²) in [5.41, 5.74) is 1.76. The minimum absolute atomic E-state index is 0.124. The van der Waals surface area contributed by atoms with Gasteiger partial charge in [-0.25, -0.2) is 4.79 Å². The summed E-state index contributed by atoms with van der Waals surface area (Å²) < 4.78 is 10.7. The van der Waals surface area contributed by atoms with Crippen LogP contribution in [0.4, 0.5) is 4.79 Å². The third-order valence-electron chi connectivity index (χ3n) is 3.08. The predicted molar refractivity (Wildman–Crippen MR) is 82.7 cm³/mol. The van der Waals surface area contributed by atoms with Gasteiger partial charge in [-0.3, -0.25) is 0 Å². The zero-order valence-corrected chi connectivity index (χ0v) is 13.1. The minimum Gasteiger partial charge on any atom is -0.489 e. The molecule has 1 aromatic heterocycles. The Morgan fingerprint density at radius 1 is 1.32 bits per heavy atom. The molecule has 1 heterocycles. The molecular formula is C16H21N3O3. The van der Waals surface area contributed by atoms with Crippen molar-refractivity contribution in [2.24, 2.45) is 0 Å². The van der Waals surface area contributed by atoms with Gasteiger partial charge in [0.15, 0.2) is 0 Å². The summed E-state index contributed by atoms with van der Waals surface area (Å²) in [6.07, 6.45) is -0.124. The van der Waals surface area contributed by atoms with Crippen LogP contribution in [0.5, 0.6) is 5.75 Å². The van der Waals surface area contributed by atoms with Crippen LogP contribution in [0.15, 0.2) is 34.9 Å². The molecule has 1 atom stereocenters. The Hall–Kier alpha value is -2.50. The van der Waals surface area contributed by atoms with E-state index >= 15 is 0 Å². The number of para-hydroxylation sites is 1. The predicted octanol–water partition coefficient (Wildman–Crippen LogP) is 2.56. The number of aromatic nitrogens is 1. The lowest BCUT2D eigenvalue weighted by Gasteiger charge is -2.17. The first-order valence-corrected chi connectivity index (χ1v) is 7.21. The van der Waals surface area contributed by atoms with E-state index in [4.69, 9.17) is 9.26 Å². The molecule has 2 rings (SSSR count). The molecule has 0 saturated carbocycles. The second kappa shape index (κ2) is 7.49. The summed E-state index contributed by atoms with van der Waals surface area (Å²) in [6.45, 7) is 6.45. The maximum Gasteiger partial charge on any atom is 0.315 e. The van der Waals surface area contributed by atoms with Crippen LogP contribution in [-0.2, 0) is 6.54 Å². The van der Waals surface area contributed by atoms with E-state index < -0.39 is 0 Å². The number of benzene rings is 1. The summed E-state index contributed by atoms with van der Waals surface area (Å²) >= 11 is 0. The summed E-state index contributed by atoms with van der Waals surface area (Å²) in [4.78, 5) is 11.7. The third kappa shape index (κ3) is 4.80. The van der Waals surface area contributed by atoms with Gasteiger partial charge >= 0.3 is 6.03 Å². The van der Waals surface area contributed by atoms with Gasteiger partial charge in [0.25, 0.3) is 0 Å². The first-order chi connectivity index (χ1) is 10.5. The molecule has 22 heavy (non-hydrogen) atoms. The molecule has 0 bridgehead atoms. The fourth-order valence-corrected chi connectivity index (χ4v) is 1.92. The van der Waals surface area contributed by atoms with Crippen molar-refractivity contribution in [2.45, 2.75) is 33.4 Å². The summed E-state index contributed by atoms with van der Waals surface area (Å²) in [5, 5.41) is 9.29. The highest BCUT2D eigenvalue weighted by atomic mass is 16.5. The molecule has 118 valence electrons. The van der Waals surface area contributed by atoms with E-state index in [0.29, 0.717) is 18.8 Å². The van der Waals surface area contributed by atoms with E-state index in [1.54, 1.807) is 13.0 Å². The molecule has 0 aliphatic rings. The van der Waals surface area contributed by atoms with E-state index in [2.05, 4.69) is 15.8 Å². The van der Waals surface area contributed by atoms with E-state index in [1.807, 2.05) is 38.1 Å².